The lowest BCUT2D eigenvalue weighted by Crippen LogP contribution is -2.15. The number of benzene rings is 1. The Morgan fingerprint density at radius 2 is 2.21 bits per heavy atom. The molecule has 1 atom stereocenters. The molecular formula is C9H10FNO3. The van der Waals surface area contributed by atoms with Gasteiger partial charge in [0.25, 0.3) is 0 Å². The molecule has 0 saturated heterocycles. The fourth-order valence-electron chi connectivity index (χ4n) is 1.13. The third kappa shape index (κ3) is 2.43. The maximum atomic E-state index is 12.6. The molecule has 4 nitrogen and oxygen atoms in total. The molecule has 0 aliphatic rings. The molecule has 0 unspecified atom stereocenters. The Hall–Kier alpha value is -1.62. The number of phenolic OH excluding ortho intramolecular Hbond substituents is 1. The third-order valence-corrected chi connectivity index (χ3v) is 1.79. The van der Waals surface area contributed by atoms with E-state index in [4.69, 9.17) is 10.8 Å². The van der Waals surface area contributed by atoms with Gasteiger partial charge in [-0.2, -0.15) is 0 Å². The fourth-order valence-corrected chi connectivity index (χ4v) is 1.13. The molecule has 5 heteroatoms. The lowest BCUT2D eigenvalue weighted by molar-refractivity contribution is -0.137. The van der Waals surface area contributed by atoms with Crippen LogP contribution < -0.4 is 5.73 Å². The van der Waals surface area contributed by atoms with Crippen LogP contribution in [0.15, 0.2) is 18.2 Å². The van der Waals surface area contributed by atoms with E-state index in [0.717, 1.165) is 12.1 Å². The summed E-state index contributed by atoms with van der Waals surface area (Å²) < 4.78 is 12.6. The van der Waals surface area contributed by atoms with Gasteiger partial charge in [-0.15, -0.1) is 0 Å². The minimum Gasteiger partial charge on any atom is -0.508 e. The van der Waals surface area contributed by atoms with Crippen molar-refractivity contribution < 1.29 is 19.4 Å². The Bertz CT molecular complexity index is 354. The van der Waals surface area contributed by atoms with Gasteiger partial charge in [-0.1, -0.05) is 6.07 Å². The third-order valence-electron chi connectivity index (χ3n) is 1.79. The summed E-state index contributed by atoms with van der Waals surface area (Å²) >= 11 is 0. The summed E-state index contributed by atoms with van der Waals surface area (Å²) in [6.45, 7) is 0. The van der Waals surface area contributed by atoms with Crippen molar-refractivity contribution >= 4 is 5.97 Å². The van der Waals surface area contributed by atoms with E-state index in [-0.39, 0.29) is 17.7 Å². The summed E-state index contributed by atoms with van der Waals surface area (Å²) in [5.74, 6) is -1.98. The summed E-state index contributed by atoms with van der Waals surface area (Å²) in [5.41, 5.74) is 5.71. The van der Waals surface area contributed by atoms with Crippen LogP contribution >= 0.6 is 0 Å². The lowest BCUT2D eigenvalue weighted by atomic mass is 10.0. The van der Waals surface area contributed by atoms with Gasteiger partial charge < -0.3 is 15.9 Å². The minimum absolute atomic E-state index is 0.230. The number of carboxylic acid groups (broad SMARTS) is 1. The van der Waals surface area contributed by atoms with E-state index in [0.29, 0.717) is 0 Å². The largest absolute Gasteiger partial charge is 0.508 e. The monoisotopic (exact) mass is 199 g/mol. The standard InChI is InChI=1S/C9H10FNO3/c10-5-1-2-6(8(12)3-5)7(11)4-9(13)14/h1-3,7,12H,4,11H2,(H,13,14)/t7-/m0/s1. The van der Waals surface area contributed by atoms with Crippen LogP contribution in [-0.4, -0.2) is 16.2 Å². The zero-order chi connectivity index (χ0) is 10.7. The van der Waals surface area contributed by atoms with Crippen LogP contribution in [0.2, 0.25) is 0 Å². The number of carbonyl (C=O) groups is 1. The van der Waals surface area contributed by atoms with Crippen molar-refractivity contribution in [1.29, 1.82) is 0 Å². The molecule has 0 aromatic heterocycles. The highest BCUT2D eigenvalue weighted by Gasteiger charge is 2.14. The molecule has 0 fully saturated rings. The van der Waals surface area contributed by atoms with Crippen molar-refractivity contribution in [3.8, 4) is 5.75 Å². The Morgan fingerprint density at radius 1 is 1.57 bits per heavy atom. The van der Waals surface area contributed by atoms with Crippen molar-refractivity contribution in [2.75, 3.05) is 0 Å². The average molecular weight is 199 g/mol. The topological polar surface area (TPSA) is 83.6 Å². The number of carboxylic acids is 1. The molecule has 0 aliphatic heterocycles. The van der Waals surface area contributed by atoms with Crippen molar-refractivity contribution in [2.24, 2.45) is 5.73 Å². The molecular weight excluding hydrogens is 189 g/mol. The van der Waals surface area contributed by atoms with Crippen LogP contribution in [0.25, 0.3) is 0 Å². The first-order chi connectivity index (χ1) is 6.50. The molecule has 0 radical (unpaired) electrons. The van der Waals surface area contributed by atoms with Crippen molar-refractivity contribution in [2.45, 2.75) is 12.5 Å². The lowest BCUT2D eigenvalue weighted by Gasteiger charge is -2.10. The van der Waals surface area contributed by atoms with E-state index >= 15 is 0 Å². The smallest absolute Gasteiger partial charge is 0.305 e. The highest BCUT2D eigenvalue weighted by atomic mass is 19.1. The van der Waals surface area contributed by atoms with Gasteiger partial charge >= 0.3 is 5.97 Å². The molecule has 1 rings (SSSR count). The summed E-state index contributed by atoms with van der Waals surface area (Å²) in [6.07, 6.45) is -0.306. The van der Waals surface area contributed by atoms with E-state index in [1.54, 1.807) is 0 Å². The van der Waals surface area contributed by atoms with Gasteiger partial charge in [0.1, 0.15) is 11.6 Å². The number of nitrogens with two attached hydrogens (primary N) is 1. The Morgan fingerprint density at radius 3 is 2.71 bits per heavy atom. The second kappa shape index (κ2) is 4.06. The predicted octanol–water partition coefficient (Wildman–Crippen LogP) is 1.01. The Labute approximate surface area is 79.8 Å². The van der Waals surface area contributed by atoms with Gasteiger partial charge in [-0.05, 0) is 6.07 Å². The molecule has 4 N–H and O–H groups in total. The molecule has 0 saturated carbocycles. The molecule has 14 heavy (non-hydrogen) atoms. The summed E-state index contributed by atoms with van der Waals surface area (Å²) in [5, 5.41) is 17.7. The second-order valence-corrected chi connectivity index (χ2v) is 2.91. The first-order valence-electron chi connectivity index (χ1n) is 3.96. The molecule has 0 aliphatic carbocycles. The fraction of sp³-hybridized carbons (Fsp3) is 0.222. The second-order valence-electron chi connectivity index (χ2n) is 2.91. The SMILES string of the molecule is N[C@@H](CC(=O)O)c1ccc(F)cc1O. The molecule has 1 aromatic rings. The van der Waals surface area contributed by atoms with Gasteiger partial charge in [0.05, 0.1) is 6.42 Å². The molecule has 0 amide bonds. The number of rotatable bonds is 3. The summed E-state index contributed by atoms with van der Waals surface area (Å²) in [7, 11) is 0. The van der Waals surface area contributed by atoms with E-state index in [1.807, 2.05) is 0 Å². The number of hydrogen-bond acceptors (Lipinski definition) is 3. The molecule has 0 bridgehead atoms. The van der Waals surface area contributed by atoms with Crippen molar-refractivity contribution in [3.05, 3.63) is 29.6 Å². The van der Waals surface area contributed by atoms with Crippen LogP contribution in [0.5, 0.6) is 5.75 Å². The highest BCUT2D eigenvalue weighted by Crippen LogP contribution is 2.25. The number of phenols is 1. The minimum atomic E-state index is -1.07. The Balaban J connectivity index is 2.90. The number of aliphatic carboxylic acids is 1. The Kier molecular flexibility index (Phi) is 3.03. The number of hydrogen-bond donors (Lipinski definition) is 3. The van der Waals surface area contributed by atoms with Crippen molar-refractivity contribution in [1.82, 2.24) is 0 Å². The maximum Gasteiger partial charge on any atom is 0.305 e. The van der Waals surface area contributed by atoms with Gasteiger partial charge in [0, 0.05) is 17.7 Å². The van der Waals surface area contributed by atoms with E-state index in [2.05, 4.69) is 0 Å². The van der Waals surface area contributed by atoms with Crippen LogP contribution in [0, 0.1) is 5.82 Å². The molecule has 0 heterocycles. The zero-order valence-electron chi connectivity index (χ0n) is 7.27. The zero-order valence-corrected chi connectivity index (χ0v) is 7.27. The predicted molar refractivity (Wildman–Crippen MR) is 47.2 cm³/mol. The van der Waals surface area contributed by atoms with Crippen LogP contribution in [0.3, 0.4) is 0 Å². The van der Waals surface area contributed by atoms with Crippen LogP contribution in [-0.2, 0) is 4.79 Å². The quantitative estimate of drug-likeness (QED) is 0.678. The van der Waals surface area contributed by atoms with Crippen LogP contribution in [0.4, 0.5) is 4.39 Å². The average Bonchev–Trinajstić information content (AvgIpc) is 2.01. The molecule has 0 spiro atoms. The van der Waals surface area contributed by atoms with E-state index < -0.39 is 17.8 Å². The van der Waals surface area contributed by atoms with Gasteiger partial charge in [0.2, 0.25) is 0 Å². The van der Waals surface area contributed by atoms with Gasteiger partial charge in [-0.3, -0.25) is 4.79 Å². The molecule has 1 aromatic carbocycles. The first-order valence-corrected chi connectivity index (χ1v) is 3.96. The van der Waals surface area contributed by atoms with E-state index in [9.17, 15) is 14.3 Å². The highest BCUT2D eigenvalue weighted by molar-refractivity contribution is 5.68. The molecule has 76 valence electrons. The van der Waals surface area contributed by atoms with Gasteiger partial charge in [-0.25, -0.2) is 4.39 Å². The number of halogens is 1. The summed E-state index contributed by atoms with van der Waals surface area (Å²) in [4.78, 5) is 10.3. The van der Waals surface area contributed by atoms with Crippen molar-refractivity contribution in [3.63, 3.8) is 0 Å². The first kappa shape index (κ1) is 10.5. The normalized spacial score (nSPS) is 12.4. The number of aromatic hydroxyl groups is 1. The van der Waals surface area contributed by atoms with Gasteiger partial charge in [0.15, 0.2) is 0 Å². The van der Waals surface area contributed by atoms with E-state index in [1.165, 1.54) is 6.07 Å². The van der Waals surface area contributed by atoms with Crippen LogP contribution in [0.1, 0.15) is 18.0 Å². The maximum absolute atomic E-state index is 12.6. The summed E-state index contributed by atoms with van der Waals surface area (Å²) in [6, 6.07) is 2.47.